The van der Waals surface area contributed by atoms with Crippen LogP contribution in [0.5, 0.6) is 0 Å². The molecule has 0 unspecified atom stereocenters. The van der Waals surface area contributed by atoms with Gasteiger partial charge in [0.15, 0.2) is 0 Å². The number of nitrogens with one attached hydrogen (secondary N) is 2. The summed E-state index contributed by atoms with van der Waals surface area (Å²) in [6, 6.07) is 7.48. The summed E-state index contributed by atoms with van der Waals surface area (Å²) in [4.78, 5) is 23.3. The highest BCUT2D eigenvalue weighted by Gasteiger charge is 2.13. The quantitative estimate of drug-likeness (QED) is 0.806. The van der Waals surface area contributed by atoms with Crippen molar-refractivity contribution in [1.29, 1.82) is 0 Å². The second kappa shape index (κ2) is 9.33. The van der Waals surface area contributed by atoms with Gasteiger partial charge in [0.05, 0.1) is 6.42 Å². The molecular weight excluding hydrogens is 288 g/mol. The smallest absolute Gasteiger partial charge is 0.224 e. The van der Waals surface area contributed by atoms with E-state index in [1.807, 2.05) is 24.3 Å². The maximum Gasteiger partial charge on any atom is 0.224 e. The zero-order chi connectivity index (χ0) is 16.5. The average molecular weight is 316 g/mol. The van der Waals surface area contributed by atoms with Gasteiger partial charge in [-0.3, -0.25) is 9.59 Å². The number of hydrogen-bond donors (Lipinski definition) is 2. The third-order valence-corrected chi connectivity index (χ3v) is 4.62. The first-order valence-electron chi connectivity index (χ1n) is 8.77. The monoisotopic (exact) mass is 316 g/mol. The Labute approximate surface area is 139 Å². The van der Waals surface area contributed by atoms with E-state index in [2.05, 4.69) is 10.6 Å². The highest BCUT2D eigenvalue weighted by molar-refractivity contribution is 5.90. The number of benzene rings is 1. The van der Waals surface area contributed by atoms with E-state index in [1.165, 1.54) is 38.5 Å². The summed E-state index contributed by atoms with van der Waals surface area (Å²) in [7, 11) is 1.63. The van der Waals surface area contributed by atoms with Gasteiger partial charge in [-0.15, -0.1) is 0 Å². The van der Waals surface area contributed by atoms with Crippen LogP contribution in [0.15, 0.2) is 24.3 Å². The fourth-order valence-electron chi connectivity index (χ4n) is 3.23. The lowest BCUT2D eigenvalue weighted by atomic mass is 9.86. The van der Waals surface area contributed by atoms with Crippen LogP contribution in [0.2, 0.25) is 0 Å². The second-order valence-corrected chi connectivity index (χ2v) is 6.49. The first-order valence-corrected chi connectivity index (χ1v) is 8.77. The van der Waals surface area contributed by atoms with Crippen molar-refractivity contribution in [3.63, 3.8) is 0 Å². The molecule has 1 aromatic rings. The molecule has 4 heteroatoms. The van der Waals surface area contributed by atoms with Crippen LogP contribution in [0.3, 0.4) is 0 Å². The van der Waals surface area contributed by atoms with Crippen molar-refractivity contribution in [3.05, 3.63) is 29.8 Å². The van der Waals surface area contributed by atoms with Gasteiger partial charge in [-0.05, 0) is 36.5 Å². The molecule has 4 nitrogen and oxygen atoms in total. The van der Waals surface area contributed by atoms with Gasteiger partial charge in [-0.1, -0.05) is 44.2 Å². The van der Waals surface area contributed by atoms with Crippen LogP contribution < -0.4 is 10.6 Å². The SMILES string of the molecule is CNC(=O)Cc1ccc(NC(=O)CCCC2CCCCC2)cc1. The van der Waals surface area contributed by atoms with Gasteiger partial charge >= 0.3 is 0 Å². The molecule has 0 spiro atoms. The summed E-state index contributed by atoms with van der Waals surface area (Å²) in [5, 5.41) is 5.54. The largest absolute Gasteiger partial charge is 0.359 e. The lowest BCUT2D eigenvalue weighted by Crippen LogP contribution is -2.19. The molecule has 0 aromatic heterocycles. The van der Waals surface area contributed by atoms with E-state index >= 15 is 0 Å². The Morgan fingerprint density at radius 3 is 2.39 bits per heavy atom. The Morgan fingerprint density at radius 2 is 1.74 bits per heavy atom. The fraction of sp³-hybridized carbons (Fsp3) is 0.579. The molecule has 23 heavy (non-hydrogen) atoms. The molecule has 0 bridgehead atoms. The fourth-order valence-corrected chi connectivity index (χ4v) is 3.23. The number of carbonyl (C=O) groups excluding carboxylic acids is 2. The molecule has 1 aliphatic rings. The molecule has 2 amide bonds. The number of anilines is 1. The molecule has 1 saturated carbocycles. The summed E-state index contributed by atoms with van der Waals surface area (Å²) >= 11 is 0. The van der Waals surface area contributed by atoms with Crippen molar-refractivity contribution in [2.75, 3.05) is 12.4 Å². The molecule has 0 saturated heterocycles. The summed E-state index contributed by atoms with van der Waals surface area (Å²) in [5.41, 5.74) is 1.74. The van der Waals surface area contributed by atoms with Crippen LogP contribution in [-0.2, 0) is 16.0 Å². The highest BCUT2D eigenvalue weighted by atomic mass is 16.2. The Bertz CT molecular complexity index is 505. The molecule has 126 valence electrons. The molecule has 1 fully saturated rings. The normalized spacial score (nSPS) is 15.2. The molecular formula is C19H28N2O2. The van der Waals surface area contributed by atoms with Gasteiger partial charge in [-0.2, -0.15) is 0 Å². The Hall–Kier alpha value is -1.84. The highest BCUT2D eigenvalue weighted by Crippen LogP contribution is 2.27. The van der Waals surface area contributed by atoms with Crippen molar-refractivity contribution in [2.24, 2.45) is 5.92 Å². The minimum Gasteiger partial charge on any atom is -0.359 e. The number of carbonyl (C=O) groups is 2. The summed E-state index contributed by atoms with van der Waals surface area (Å²) in [6.07, 6.45) is 9.90. The van der Waals surface area contributed by atoms with Gasteiger partial charge in [0.25, 0.3) is 0 Å². The predicted octanol–water partition coefficient (Wildman–Crippen LogP) is 3.66. The third kappa shape index (κ3) is 6.43. The Balaban J connectivity index is 1.69. The molecule has 2 N–H and O–H groups in total. The van der Waals surface area contributed by atoms with Crippen LogP contribution in [0.25, 0.3) is 0 Å². The summed E-state index contributed by atoms with van der Waals surface area (Å²) in [5.74, 6) is 0.907. The summed E-state index contributed by atoms with van der Waals surface area (Å²) < 4.78 is 0. The maximum absolute atomic E-state index is 12.0. The van der Waals surface area contributed by atoms with E-state index in [-0.39, 0.29) is 11.8 Å². The first kappa shape index (κ1) is 17.5. The van der Waals surface area contributed by atoms with E-state index < -0.39 is 0 Å². The minimum absolute atomic E-state index is 0.00972. The van der Waals surface area contributed by atoms with E-state index in [1.54, 1.807) is 7.05 Å². The molecule has 0 atom stereocenters. The molecule has 0 radical (unpaired) electrons. The molecule has 1 aromatic carbocycles. The van der Waals surface area contributed by atoms with Crippen molar-refractivity contribution < 1.29 is 9.59 Å². The van der Waals surface area contributed by atoms with Crippen molar-refractivity contribution in [2.45, 2.75) is 57.8 Å². The van der Waals surface area contributed by atoms with E-state index in [9.17, 15) is 9.59 Å². The Morgan fingerprint density at radius 1 is 1.04 bits per heavy atom. The van der Waals surface area contributed by atoms with Crippen LogP contribution >= 0.6 is 0 Å². The number of amides is 2. The third-order valence-electron chi connectivity index (χ3n) is 4.62. The minimum atomic E-state index is -0.00972. The number of likely N-dealkylation sites (N-methyl/N-ethyl adjacent to an activating group) is 1. The van der Waals surface area contributed by atoms with Crippen LogP contribution in [-0.4, -0.2) is 18.9 Å². The molecule has 2 rings (SSSR count). The second-order valence-electron chi connectivity index (χ2n) is 6.49. The van der Waals surface area contributed by atoms with Gasteiger partial charge in [0, 0.05) is 19.2 Å². The number of hydrogen-bond acceptors (Lipinski definition) is 2. The van der Waals surface area contributed by atoms with Gasteiger partial charge < -0.3 is 10.6 Å². The zero-order valence-corrected chi connectivity index (χ0v) is 14.1. The van der Waals surface area contributed by atoms with E-state index in [4.69, 9.17) is 0 Å². The average Bonchev–Trinajstić information content (AvgIpc) is 2.57. The van der Waals surface area contributed by atoms with Crippen LogP contribution in [0.1, 0.15) is 56.9 Å². The topological polar surface area (TPSA) is 58.2 Å². The lowest BCUT2D eigenvalue weighted by molar-refractivity contribution is -0.120. The maximum atomic E-state index is 12.0. The van der Waals surface area contributed by atoms with Crippen molar-refractivity contribution >= 4 is 17.5 Å². The predicted molar refractivity (Wildman–Crippen MR) is 93.3 cm³/mol. The number of rotatable bonds is 7. The van der Waals surface area contributed by atoms with Gasteiger partial charge in [-0.25, -0.2) is 0 Å². The van der Waals surface area contributed by atoms with Crippen LogP contribution in [0, 0.1) is 5.92 Å². The van der Waals surface area contributed by atoms with Crippen molar-refractivity contribution in [1.82, 2.24) is 5.32 Å². The van der Waals surface area contributed by atoms with Crippen LogP contribution in [0.4, 0.5) is 5.69 Å². The van der Waals surface area contributed by atoms with E-state index in [0.29, 0.717) is 12.8 Å². The molecule has 0 heterocycles. The molecule has 0 aliphatic heterocycles. The van der Waals surface area contributed by atoms with Crippen molar-refractivity contribution in [3.8, 4) is 0 Å². The molecule has 1 aliphatic carbocycles. The lowest BCUT2D eigenvalue weighted by Gasteiger charge is -2.21. The van der Waals surface area contributed by atoms with Gasteiger partial charge in [0.1, 0.15) is 0 Å². The zero-order valence-electron chi connectivity index (χ0n) is 14.1. The van der Waals surface area contributed by atoms with Gasteiger partial charge in [0.2, 0.25) is 11.8 Å². The Kier molecular flexibility index (Phi) is 7.11. The standard InChI is InChI=1S/C19H28N2O2/c1-20-19(23)14-16-10-12-17(13-11-16)21-18(22)9-5-8-15-6-3-2-4-7-15/h10-13,15H,2-9,14H2,1H3,(H,20,23)(H,21,22). The summed E-state index contributed by atoms with van der Waals surface area (Å²) in [6.45, 7) is 0. The first-order chi connectivity index (χ1) is 11.2. The van der Waals surface area contributed by atoms with E-state index in [0.717, 1.165) is 23.6 Å².